The van der Waals surface area contributed by atoms with Gasteiger partial charge in [-0.1, -0.05) is 0 Å². The number of hydrogen-bond acceptors (Lipinski definition) is 2. The maximum Gasteiger partial charge on any atom is 0.320 e. The van der Waals surface area contributed by atoms with Gasteiger partial charge in [0, 0.05) is 32.1 Å². The Bertz CT molecular complexity index is 342. The van der Waals surface area contributed by atoms with E-state index < -0.39 is 5.97 Å². The van der Waals surface area contributed by atoms with E-state index in [1.165, 1.54) is 0 Å². The first-order valence-corrected chi connectivity index (χ1v) is 7.39. The summed E-state index contributed by atoms with van der Waals surface area (Å²) in [6.07, 6.45) is 5.22. The number of amides is 2. The van der Waals surface area contributed by atoms with Gasteiger partial charge in [-0.25, -0.2) is 4.79 Å². The first-order valence-electron chi connectivity index (χ1n) is 7.39. The van der Waals surface area contributed by atoms with Crippen LogP contribution in [0.1, 0.15) is 45.4 Å². The molecule has 0 bridgehead atoms. The molecule has 5 nitrogen and oxygen atoms in total. The molecule has 0 aromatic rings. The zero-order valence-electron chi connectivity index (χ0n) is 11.7. The number of hydrogen-bond donors (Lipinski definition) is 1. The van der Waals surface area contributed by atoms with Crippen molar-refractivity contribution in [3.63, 3.8) is 0 Å². The van der Waals surface area contributed by atoms with Crippen LogP contribution in [0.5, 0.6) is 0 Å². The van der Waals surface area contributed by atoms with E-state index in [1.807, 2.05) is 16.7 Å². The van der Waals surface area contributed by atoms with Crippen molar-refractivity contribution in [1.82, 2.24) is 9.80 Å². The predicted octanol–water partition coefficient (Wildman–Crippen LogP) is 2.17. The van der Waals surface area contributed by atoms with Crippen molar-refractivity contribution >= 4 is 12.0 Å². The van der Waals surface area contributed by atoms with Crippen molar-refractivity contribution in [3.8, 4) is 0 Å². The number of nitrogens with zero attached hydrogens (tertiary/aromatic N) is 2. The molecule has 2 fully saturated rings. The highest BCUT2D eigenvalue weighted by Gasteiger charge is 2.35. The highest BCUT2D eigenvalue weighted by molar-refractivity contribution is 5.75. The fourth-order valence-corrected chi connectivity index (χ4v) is 2.92. The molecule has 19 heavy (non-hydrogen) atoms. The van der Waals surface area contributed by atoms with Crippen molar-refractivity contribution in [2.75, 3.05) is 19.6 Å². The van der Waals surface area contributed by atoms with Crippen LogP contribution in [0.15, 0.2) is 0 Å². The van der Waals surface area contributed by atoms with E-state index in [-0.39, 0.29) is 12.5 Å². The second-order valence-electron chi connectivity index (χ2n) is 5.69. The van der Waals surface area contributed by atoms with Crippen LogP contribution in [-0.4, -0.2) is 52.6 Å². The molecule has 108 valence electrons. The highest BCUT2D eigenvalue weighted by Crippen LogP contribution is 2.29. The van der Waals surface area contributed by atoms with Gasteiger partial charge in [0.05, 0.1) is 0 Å². The molecule has 1 N–H and O–H groups in total. The predicted molar refractivity (Wildman–Crippen MR) is 72.0 cm³/mol. The SMILES string of the molecule is CCN(C(=O)N1CCCC(CCC(=O)O)C1)C1CC1. The van der Waals surface area contributed by atoms with E-state index >= 15 is 0 Å². The second kappa shape index (κ2) is 6.26. The first kappa shape index (κ1) is 14.2. The van der Waals surface area contributed by atoms with E-state index in [0.29, 0.717) is 18.4 Å². The van der Waals surface area contributed by atoms with Crippen LogP contribution in [0.25, 0.3) is 0 Å². The number of carbonyl (C=O) groups is 2. The molecule has 2 aliphatic rings. The highest BCUT2D eigenvalue weighted by atomic mass is 16.4. The summed E-state index contributed by atoms with van der Waals surface area (Å²) in [4.78, 5) is 27.0. The molecular weight excluding hydrogens is 244 g/mol. The Labute approximate surface area is 114 Å². The lowest BCUT2D eigenvalue weighted by Gasteiger charge is -2.36. The standard InChI is InChI=1S/C14H24N2O3/c1-2-16(12-6-7-12)14(19)15-9-3-4-11(10-15)5-8-13(17)18/h11-12H,2-10H2,1H3,(H,17,18). The summed E-state index contributed by atoms with van der Waals surface area (Å²) in [5.41, 5.74) is 0. The van der Waals surface area contributed by atoms with Crippen molar-refractivity contribution in [2.45, 2.75) is 51.5 Å². The van der Waals surface area contributed by atoms with E-state index in [2.05, 4.69) is 0 Å². The lowest BCUT2D eigenvalue weighted by atomic mass is 9.93. The summed E-state index contributed by atoms with van der Waals surface area (Å²) in [5.74, 6) is -0.386. The summed E-state index contributed by atoms with van der Waals surface area (Å²) >= 11 is 0. The molecule has 2 amide bonds. The molecule has 1 unspecified atom stereocenters. The van der Waals surface area contributed by atoms with Crippen LogP contribution in [0, 0.1) is 5.92 Å². The molecule has 1 aliphatic carbocycles. The summed E-state index contributed by atoms with van der Waals surface area (Å²) in [6.45, 7) is 4.36. The lowest BCUT2D eigenvalue weighted by Crippen LogP contribution is -2.48. The Kier molecular flexibility index (Phi) is 4.66. The van der Waals surface area contributed by atoms with Crippen LogP contribution >= 0.6 is 0 Å². The second-order valence-corrected chi connectivity index (χ2v) is 5.69. The van der Waals surface area contributed by atoms with Gasteiger partial charge >= 0.3 is 12.0 Å². The topological polar surface area (TPSA) is 60.9 Å². The molecule has 5 heteroatoms. The zero-order chi connectivity index (χ0) is 13.8. The molecule has 2 rings (SSSR count). The number of likely N-dealkylation sites (tertiary alicyclic amines) is 1. The number of piperidine rings is 1. The third kappa shape index (κ3) is 3.85. The molecule has 1 saturated carbocycles. The maximum atomic E-state index is 12.4. The Morgan fingerprint density at radius 1 is 1.32 bits per heavy atom. The fourth-order valence-electron chi connectivity index (χ4n) is 2.92. The average molecular weight is 268 g/mol. The van der Waals surface area contributed by atoms with Crippen LogP contribution in [-0.2, 0) is 4.79 Å². The minimum atomic E-state index is -0.739. The Morgan fingerprint density at radius 3 is 2.63 bits per heavy atom. The number of carbonyl (C=O) groups excluding carboxylic acids is 1. The van der Waals surface area contributed by atoms with Crippen LogP contribution in [0.4, 0.5) is 4.79 Å². The van der Waals surface area contributed by atoms with Gasteiger partial charge in [-0.2, -0.15) is 0 Å². The van der Waals surface area contributed by atoms with Gasteiger partial charge in [-0.3, -0.25) is 4.79 Å². The van der Waals surface area contributed by atoms with Crippen molar-refractivity contribution in [2.24, 2.45) is 5.92 Å². The number of carboxylic acids is 1. The molecule has 0 spiro atoms. The van der Waals surface area contributed by atoms with Gasteiger partial charge in [0.2, 0.25) is 0 Å². The summed E-state index contributed by atoms with van der Waals surface area (Å²) in [7, 11) is 0. The van der Waals surface area contributed by atoms with Gasteiger partial charge in [0.15, 0.2) is 0 Å². The van der Waals surface area contributed by atoms with E-state index in [4.69, 9.17) is 5.11 Å². The van der Waals surface area contributed by atoms with Gasteiger partial charge in [-0.15, -0.1) is 0 Å². The number of aliphatic carboxylic acids is 1. The first-order chi connectivity index (χ1) is 9.11. The Balaban J connectivity index is 1.85. The maximum absolute atomic E-state index is 12.4. The lowest BCUT2D eigenvalue weighted by molar-refractivity contribution is -0.137. The monoisotopic (exact) mass is 268 g/mol. The molecule has 1 saturated heterocycles. The third-order valence-electron chi connectivity index (χ3n) is 4.13. The van der Waals surface area contributed by atoms with Crippen molar-refractivity contribution < 1.29 is 14.7 Å². The Hall–Kier alpha value is -1.26. The zero-order valence-corrected chi connectivity index (χ0v) is 11.7. The minimum absolute atomic E-state index is 0.157. The molecule has 0 aromatic heterocycles. The van der Waals surface area contributed by atoms with Crippen molar-refractivity contribution in [3.05, 3.63) is 0 Å². The molecule has 1 heterocycles. The molecular formula is C14H24N2O3. The van der Waals surface area contributed by atoms with Crippen molar-refractivity contribution in [1.29, 1.82) is 0 Å². The van der Waals surface area contributed by atoms with Gasteiger partial charge in [-0.05, 0) is 44.9 Å². The van der Waals surface area contributed by atoms with E-state index in [9.17, 15) is 9.59 Å². The van der Waals surface area contributed by atoms with Crippen LogP contribution in [0.3, 0.4) is 0 Å². The van der Waals surface area contributed by atoms with Gasteiger partial charge < -0.3 is 14.9 Å². The van der Waals surface area contributed by atoms with E-state index in [0.717, 1.165) is 45.3 Å². The van der Waals surface area contributed by atoms with Gasteiger partial charge in [0.1, 0.15) is 0 Å². The normalized spacial score (nSPS) is 23.2. The fraction of sp³-hybridized carbons (Fsp3) is 0.857. The quantitative estimate of drug-likeness (QED) is 0.831. The molecule has 1 aliphatic heterocycles. The Morgan fingerprint density at radius 2 is 2.05 bits per heavy atom. The van der Waals surface area contributed by atoms with E-state index in [1.54, 1.807) is 0 Å². The summed E-state index contributed by atoms with van der Waals surface area (Å²) in [5, 5.41) is 8.74. The van der Waals surface area contributed by atoms with Crippen LogP contribution in [0.2, 0.25) is 0 Å². The smallest absolute Gasteiger partial charge is 0.320 e. The summed E-state index contributed by atoms with van der Waals surface area (Å²) in [6, 6.07) is 0.613. The third-order valence-corrected chi connectivity index (χ3v) is 4.13. The number of urea groups is 1. The number of rotatable bonds is 5. The van der Waals surface area contributed by atoms with Crippen LogP contribution < -0.4 is 0 Å². The molecule has 0 aromatic carbocycles. The van der Waals surface area contributed by atoms with Gasteiger partial charge in [0.25, 0.3) is 0 Å². The number of carboxylic acid groups (broad SMARTS) is 1. The molecule has 0 radical (unpaired) electrons. The minimum Gasteiger partial charge on any atom is -0.481 e. The summed E-state index contributed by atoms with van der Waals surface area (Å²) < 4.78 is 0. The largest absolute Gasteiger partial charge is 0.481 e. The average Bonchev–Trinajstić information content (AvgIpc) is 3.22. The molecule has 1 atom stereocenters.